The minimum atomic E-state index is -0.735. The number of unbranched alkanes of at least 4 members (excludes halogenated alkanes) is 1. The molecule has 0 aromatic carbocycles. The highest BCUT2D eigenvalue weighted by Gasteiger charge is 2.09. The summed E-state index contributed by atoms with van der Waals surface area (Å²) in [7, 11) is 1.90. The summed E-state index contributed by atoms with van der Waals surface area (Å²) in [6, 6.07) is 0.136. The van der Waals surface area contributed by atoms with E-state index in [1.54, 1.807) is 6.33 Å². The third-order valence-electron chi connectivity index (χ3n) is 2.40. The Morgan fingerprint density at radius 3 is 2.94 bits per heavy atom. The Hall–Kier alpha value is -1.43. The maximum Gasteiger partial charge on any atom is 0.303 e. The summed E-state index contributed by atoms with van der Waals surface area (Å²) in [5.41, 5.74) is 0. The molecule has 16 heavy (non-hydrogen) atoms. The number of hydrogen-bond acceptors (Lipinski definition) is 4. The second kappa shape index (κ2) is 6.22. The maximum absolute atomic E-state index is 10.3. The summed E-state index contributed by atoms with van der Waals surface area (Å²) in [5.74, 6) is 0.152. The molecule has 0 amide bonds. The standard InChI is InChI=1S/C10H18N4O2/c1-8(10-13-12-7-14(10)2)11-6-4-3-5-9(15)16/h7-8,11H,3-6H2,1-2H3,(H,15,16). The predicted molar refractivity (Wildman–Crippen MR) is 58.9 cm³/mol. The van der Waals surface area contributed by atoms with E-state index in [0.717, 1.165) is 18.8 Å². The van der Waals surface area contributed by atoms with Gasteiger partial charge in [-0.25, -0.2) is 0 Å². The molecule has 0 aliphatic carbocycles. The van der Waals surface area contributed by atoms with E-state index < -0.39 is 5.97 Å². The second-order valence-corrected chi connectivity index (χ2v) is 3.83. The molecule has 0 bridgehead atoms. The molecule has 0 spiro atoms. The summed E-state index contributed by atoms with van der Waals surface area (Å²) < 4.78 is 1.87. The van der Waals surface area contributed by atoms with Crippen molar-refractivity contribution >= 4 is 5.97 Å². The summed E-state index contributed by atoms with van der Waals surface area (Å²) >= 11 is 0. The first-order valence-electron chi connectivity index (χ1n) is 5.40. The van der Waals surface area contributed by atoms with Crippen LogP contribution in [0.4, 0.5) is 0 Å². The Morgan fingerprint density at radius 1 is 1.62 bits per heavy atom. The number of carboxylic acids is 1. The van der Waals surface area contributed by atoms with Crippen LogP contribution in [0.3, 0.4) is 0 Å². The third-order valence-corrected chi connectivity index (χ3v) is 2.40. The fourth-order valence-corrected chi connectivity index (χ4v) is 1.50. The number of hydrogen-bond donors (Lipinski definition) is 2. The summed E-state index contributed by atoms with van der Waals surface area (Å²) in [6.45, 7) is 2.81. The number of aryl methyl sites for hydroxylation is 1. The first-order chi connectivity index (χ1) is 7.61. The number of aliphatic carboxylic acids is 1. The molecular formula is C10H18N4O2. The van der Waals surface area contributed by atoms with Gasteiger partial charge in [0.2, 0.25) is 0 Å². The first-order valence-corrected chi connectivity index (χ1v) is 5.40. The molecule has 1 rings (SSSR count). The van der Waals surface area contributed by atoms with Gasteiger partial charge >= 0.3 is 5.97 Å². The highest BCUT2D eigenvalue weighted by Crippen LogP contribution is 2.07. The average molecular weight is 226 g/mol. The van der Waals surface area contributed by atoms with E-state index in [1.165, 1.54) is 0 Å². The van der Waals surface area contributed by atoms with Crippen molar-refractivity contribution < 1.29 is 9.90 Å². The van der Waals surface area contributed by atoms with Gasteiger partial charge in [-0.05, 0) is 26.3 Å². The average Bonchev–Trinajstić information content (AvgIpc) is 2.63. The number of nitrogens with zero attached hydrogens (tertiary/aromatic N) is 3. The van der Waals surface area contributed by atoms with Gasteiger partial charge in [0, 0.05) is 13.5 Å². The summed E-state index contributed by atoms with van der Waals surface area (Å²) in [6.07, 6.45) is 3.46. The number of carboxylic acid groups (broad SMARTS) is 1. The van der Waals surface area contributed by atoms with Crippen LogP contribution in [0.25, 0.3) is 0 Å². The van der Waals surface area contributed by atoms with Crippen LogP contribution in [-0.4, -0.2) is 32.4 Å². The van der Waals surface area contributed by atoms with Gasteiger partial charge in [0.1, 0.15) is 12.2 Å². The van der Waals surface area contributed by atoms with Crippen molar-refractivity contribution in [1.82, 2.24) is 20.1 Å². The van der Waals surface area contributed by atoms with Crippen LogP contribution < -0.4 is 5.32 Å². The molecule has 0 radical (unpaired) electrons. The lowest BCUT2D eigenvalue weighted by Gasteiger charge is -2.12. The SMILES string of the molecule is CC(NCCCCC(=O)O)c1nncn1C. The van der Waals surface area contributed by atoms with Crippen molar-refractivity contribution in [1.29, 1.82) is 0 Å². The van der Waals surface area contributed by atoms with Crippen molar-refractivity contribution in [2.45, 2.75) is 32.2 Å². The van der Waals surface area contributed by atoms with Gasteiger partial charge in [-0.3, -0.25) is 4.79 Å². The van der Waals surface area contributed by atoms with Crippen LogP contribution in [0, 0.1) is 0 Å². The Morgan fingerprint density at radius 2 is 2.38 bits per heavy atom. The van der Waals surface area contributed by atoms with Gasteiger partial charge in [0.25, 0.3) is 0 Å². The second-order valence-electron chi connectivity index (χ2n) is 3.83. The molecule has 6 nitrogen and oxygen atoms in total. The van der Waals surface area contributed by atoms with E-state index >= 15 is 0 Å². The molecule has 90 valence electrons. The van der Waals surface area contributed by atoms with Crippen LogP contribution in [0.15, 0.2) is 6.33 Å². The van der Waals surface area contributed by atoms with Gasteiger partial charge in [0.15, 0.2) is 0 Å². The van der Waals surface area contributed by atoms with Crippen LogP contribution >= 0.6 is 0 Å². The molecule has 1 atom stereocenters. The zero-order valence-electron chi connectivity index (χ0n) is 9.68. The topological polar surface area (TPSA) is 80.0 Å². The monoisotopic (exact) mass is 226 g/mol. The zero-order valence-corrected chi connectivity index (χ0v) is 9.68. The Bertz CT molecular complexity index is 337. The van der Waals surface area contributed by atoms with E-state index in [-0.39, 0.29) is 12.5 Å². The molecular weight excluding hydrogens is 208 g/mol. The van der Waals surface area contributed by atoms with Crippen molar-refractivity contribution in [3.8, 4) is 0 Å². The largest absolute Gasteiger partial charge is 0.481 e. The molecule has 1 unspecified atom stereocenters. The fraction of sp³-hybridized carbons (Fsp3) is 0.700. The van der Waals surface area contributed by atoms with Gasteiger partial charge in [-0.1, -0.05) is 0 Å². The Kier molecular flexibility index (Phi) is 4.91. The lowest BCUT2D eigenvalue weighted by atomic mass is 10.2. The number of nitrogens with one attached hydrogen (secondary N) is 1. The lowest BCUT2D eigenvalue weighted by Crippen LogP contribution is -2.22. The molecule has 0 aliphatic rings. The van der Waals surface area contributed by atoms with Crippen molar-refractivity contribution in [3.05, 3.63) is 12.2 Å². The lowest BCUT2D eigenvalue weighted by molar-refractivity contribution is -0.137. The van der Waals surface area contributed by atoms with E-state index in [9.17, 15) is 4.79 Å². The first kappa shape index (κ1) is 12.6. The molecule has 1 heterocycles. The van der Waals surface area contributed by atoms with Gasteiger partial charge in [-0.15, -0.1) is 10.2 Å². The predicted octanol–water partition coefficient (Wildman–Crippen LogP) is 0.721. The highest BCUT2D eigenvalue weighted by molar-refractivity contribution is 5.66. The minimum absolute atomic E-state index is 0.136. The smallest absolute Gasteiger partial charge is 0.303 e. The normalized spacial score (nSPS) is 12.6. The van der Waals surface area contributed by atoms with E-state index in [2.05, 4.69) is 15.5 Å². The maximum atomic E-state index is 10.3. The zero-order chi connectivity index (χ0) is 12.0. The summed E-state index contributed by atoms with van der Waals surface area (Å²) in [4.78, 5) is 10.3. The number of aromatic nitrogens is 3. The van der Waals surface area contributed by atoms with Crippen LogP contribution in [0.2, 0.25) is 0 Å². The van der Waals surface area contributed by atoms with Gasteiger partial charge < -0.3 is 15.0 Å². The molecule has 0 saturated heterocycles. The number of carbonyl (C=O) groups is 1. The van der Waals surface area contributed by atoms with E-state index in [4.69, 9.17) is 5.11 Å². The number of rotatable bonds is 7. The highest BCUT2D eigenvalue weighted by atomic mass is 16.4. The van der Waals surface area contributed by atoms with E-state index in [0.29, 0.717) is 6.42 Å². The molecule has 6 heteroatoms. The van der Waals surface area contributed by atoms with Gasteiger partial charge in [-0.2, -0.15) is 0 Å². The molecule has 1 aromatic heterocycles. The van der Waals surface area contributed by atoms with Crippen LogP contribution in [-0.2, 0) is 11.8 Å². The fourth-order valence-electron chi connectivity index (χ4n) is 1.50. The van der Waals surface area contributed by atoms with Crippen molar-refractivity contribution in [2.24, 2.45) is 7.05 Å². The van der Waals surface area contributed by atoms with Crippen molar-refractivity contribution in [2.75, 3.05) is 6.54 Å². The van der Waals surface area contributed by atoms with Crippen LogP contribution in [0.1, 0.15) is 38.1 Å². The molecule has 0 saturated carbocycles. The van der Waals surface area contributed by atoms with E-state index in [1.807, 2.05) is 18.5 Å². The quantitative estimate of drug-likeness (QED) is 0.670. The van der Waals surface area contributed by atoms with Crippen molar-refractivity contribution in [3.63, 3.8) is 0 Å². The summed E-state index contributed by atoms with van der Waals surface area (Å²) in [5, 5.41) is 19.6. The molecule has 1 aromatic rings. The molecule has 0 fully saturated rings. The molecule has 0 aliphatic heterocycles. The third kappa shape index (κ3) is 3.98. The molecule has 2 N–H and O–H groups in total. The Labute approximate surface area is 94.7 Å². The van der Waals surface area contributed by atoms with Gasteiger partial charge in [0.05, 0.1) is 6.04 Å². The Balaban J connectivity index is 2.18. The minimum Gasteiger partial charge on any atom is -0.481 e. The van der Waals surface area contributed by atoms with Crippen LogP contribution in [0.5, 0.6) is 0 Å².